The summed E-state index contributed by atoms with van der Waals surface area (Å²) in [7, 11) is 0. The highest BCUT2D eigenvalue weighted by Crippen LogP contribution is 2.27. The maximum Gasteiger partial charge on any atom is 0.292 e. The quantitative estimate of drug-likeness (QED) is 0.704. The summed E-state index contributed by atoms with van der Waals surface area (Å²) in [4.78, 5) is 22.7. The average Bonchev–Trinajstić information content (AvgIpc) is 3.06. The molecule has 0 unspecified atom stereocenters. The van der Waals surface area contributed by atoms with Crippen LogP contribution in [0.1, 0.15) is 16.2 Å². The fourth-order valence-corrected chi connectivity index (χ4v) is 3.28. The van der Waals surface area contributed by atoms with Crippen LogP contribution in [-0.2, 0) is 13.1 Å². The molecule has 0 spiro atoms. The number of aromatic nitrogens is 5. The molecule has 3 heterocycles. The molecule has 0 atom stereocenters. The van der Waals surface area contributed by atoms with Gasteiger partial charge in [-0.25, -0.2) is 4.98 Å². The minimum atomic E-state index is -0.218. The predicted molar refractivity (Wildman–Crippen MR) is 92.3 cm³/mol. The third-order valence-corrected chi connectivity index (χ3v) is 4.73. The van der Waals surface area contributed by atoms with Gasteiger partial charge >= 0.3 is 0 Å². The topological polar surface area (TPSA) is 76.8 Å². The number of carbonyl (C=O) groups excluding carboxylic acids is 1. The fraction of sp³-hybridized carbons (Fsp3) is 0.188. The molecule has 9 heteroatoms. The van der Waals surface area contributed by atoms with Gasteiger partial charge < -0.3 is 4.90 Å². The summed E-state index contributed by atoms with van der Waals surface area (Å²) < 4.78 is 1.76. The van der Waals surface area contributed by atoms with Crippen LogP contribution in [0.4, 0.5) is 0 Å². The lowest BCUT2D eigenvalue weighted by Gasteiger charge is -2.28. The van der Waals surface area contributed by atoms with Crippen LogP contribution >= 0.6 is 23.2 Å². The van der Waals surface area contributed by atoms with Gasteiger partial charge in [-0.15, -0.1) is 10.2 Å². The summed E-state index contributed by atoms with van der Waals surface area (Å²) in [6.45, 7) is 1.38. The third-order valence-electron chi connectivity index (χ3n) is 4.03. The van der Waals surface area contributed by atoms with Crippen LogP contribution < -0.4 is 0 Å². The molecule has 2 aromatic heterocycles. The lowest BCUT2D eigenvalue weighted by Crippen LogP contribution is -2.40. The Morgan fingerprint density at radius 1 is 1.04 bits per heavy atom. The van der Waals surface area contributed by atoms with Crippen LogP contribution in [0.15, 0.2) is 36.8 Å². The predicted octanol–water partition coefficient (Wildman–Crippen LogP) is 2.70. The highest BCUT2D eigenvalue weighted by atomic mass is 35.5. The number of rotatable bonds is 3. The lowest BCUT2D eigenvalue weighted by molar-refractivity contribution is 0.0683. The average molecular weight is 375 g/mol. The molecule has 0 fully saturated rings. The summed E-state index contributed by atoms with van der Waals surface area (Å²) >= 11 is 12.4. The van der Waals surface area contributed by atoms with Crippen LogP contribution in [0.2, 0.25) is 10.0 Å². The van der Waals surface area contributed by atoms with E-state index in [0.29, 0.717) is 41.2 Å². The first kappa shape index (κ1) is 16.0. The number of nitrogens with zero attached hydrogens (tertiary/aromatic N) is 6. The first-order valence-electron chi connectivity index (χ1n) is 7.57. The van der Waals surface area contributed by atoms with E-state index in [-0.39, 0.29) is 11.7 Å². The fourth-order valence-electron chi connectivity index (χ4n) is 2.77. The van der Waals surface area contributed by atoms with Crippen molar-refractivity contribution < 1.29 is 4.79 Å². The van der Waals surface area contributed by atoms with Gasteiger partial charge in [0.25, 0.3) is 5.91 Å². The van der Waals surface area contributed by atoms with E-state index < -0.39 is 0 Å². The van der Waals surface area contributed by atoms with E-state index >= 15 is 0 Å². The van der Waals surface area contributed by atoms with Crippen molar-refractivity contribution in [2.45, 2.75) is 13.1 Å². The smallest absolute Gasteiger partial charge is 0.292 e. The Bertz CT molecular complexity index is 923. The molecule has 1 amide bonds. The van der Waals surface area contributed by atoms with E-state index in [1.165, 1.54) is 0 Å². The molecular formula is C16H12Cl2N6O. The molecule has 126 valence electrons. The summed E-state index contributed by atoms with van der Waals surface area (Å²) in [5, 5.41) is 9.21. The molecule has 0 radical (unpaired) electrons. The van der Waals surface area contributed by atoms with Crippen molar-refractivity contribution in [2.75, 3.05) is 6.54 Å². The first-order valence-corrected chi connectivity index (χ1v) is 8.32. The van der Waals surface area contributed by atoms with Gasteiger partial charge in [0.2, 0.25) is 5.82 Å². The summed E-state index contributed by atoms with van der Waals surface area (Å²) in [5.74, 6) is 0.590. The van der Waals surface area contributed by atoms with Gasteiger partial charge in [0.15, 0.2) is 5.82 Å². The maximum atomic E-state index is 12.8. The third kappa shape index (κ3) is 2.85. The Labute approximate surface area is 153 Å². The molecule has 1 aromatic carbocycles. The zero-order valence-electron chi connectivity index (χ0n) is 12.9. The van der Waals surface area contributed by atoms with Gasteiger partial charge in [0.05, 0.1) is 6.20 Å². The number of hydrogen-bond donors (Lipinski definition) is 0. The minimum Gasteiger partial charge on any atom is -0.330 e. The maximum absolute atomic E-state index is 12.8. The van der Waals surface area contributed by atoms with Crippen molar-refractivity contribution in [3.8, 4) is 11.5 Å². The number of amides is 1. The molecule has 4 rings (SSSR count). The number of fused-ring (bicyclic) bond motifs is 1. The Morgan fingerprint density at radius 2 is 1.80 bits per heavy atom. The van der Waals surface area contributed by atoms with Gasteiger partial charge in [0, 0.05) is 47.6 Å². The second kappa shape index (κ2) is 6.42. The van der Waals surface area contributed by atoms with Gasteiger partial charge in [-0.3, -0.25) is 14.3 Å². The monoisotopic (exact) mass is 374 g/mol. The van der Waals surface area contributed by atoms with Crippen LogP contribution in [0.25, 0.3) is 11.5 Å². The molecule has 0 bridgehead atoms. The molecule has 0 N–H and O–H groups in total. The molecule has 1 aliphatic rings. The van der Waals surface area contributed by atoms with E-state index in [1.807, 2.05) is 0 Å². The standard InChI is InChI=1S/C16H12Cl2N6O/c17-11-2-1-3-12(18)10(11)9-23-6-7-24-14(13-8-19-4-5-20-13)21-22-15(24)16(23)25/h1-5,8H,6-7,9H2. The Morgan fingerprint density at radius 3 is 2.52 bits per heavy atom. The largest absolute Gasteiger partial charge is 0.330 e. The first-order chi connectivity index (χ1) is 12.1. The lowest BCUT2D eigenvalue weighted by atomic mass is 10.2. The number of carbonyl (C=O) groups is 1. The van der Waals surface area contributed by atoms with Crippen molar-refractivity contribution in [2.24, 2.45) is 0 Å². The second-order valence-corrected chi connectivity index (χ2v) is 6.33. The van der Waals surface area contributed by atoms with Crippen molar-refractivity contribution in [1.29, 1.82) is 0 Å². The molecule has 0 saturated carbocycles. The molecule has 0 aliphatic carbocycles. The van der Waals surface area contributed by atoms with E-state index in [2.05, 4.69) is 20.2 Å². The Kier molecular flexibility index (Phi) is 4.10. The van der Waals surface area contributed by atoms with Crippen molar-refractivity contribution in [3.05, 3.63) is 58.2 Å². The highest BCUT2D eigenvalue weighted by molar-refractivity contribution is 6.36. The molecular weight excluding hydrogens is 363 g/mol. The van der Waals surface area contributed by atoms with Gasteiger partial charge in [-0.2, -0.15) is 0 Å². The van der Waals surface area contributed by atoms with E-state index in [0.717, 1.165) is 5.56 Å². The van der Waals surface area contributed by atoms with Crippen LogP contribution in [0.3, 0.4) is 0 Å². The molecule has 1 aliphatic heterocycles. The van der Waals surface area contributed by atoms with Crippen molar-refractivity contribution in [3.63, 3.8) is 0 Å². The normalized spacial score (nSPS) is 13.8. The highest BCUT2D eigenvalue weighted by Gasteiger charge is 2.30. The summed E-state index contributed by atoms with van der Waals surface area (Å²) in [6.07, 6.45) is 4.75. The number of benzene rings is 1. The van der Waals surface area contributed by atoms with Gasteiger partial charge in [-0.1, -0.05) is 29.3 Å². The summed E-state index contributed by atoms with van der Waals surface area (Å²) in [6, 6.07) is 5.29. The van der Waals surface area contributed by atoms with E-state index in [1.54, 1.807) is 46.3 Å². The number of hydrogen-bond acceptors (Lipinski definition) is 5. The second-order valence-electron chi connectivity index (χ2n) is 5.52. The molecule has 3 aromatic rings. The SMILES string of the molecule is O=C1c2nnc(-c3cnccn3)n2CCN1Cc1c(Cl)cccc1Cl. The van der Waals surface area contributed by atoms with Crippen molar-refractivity contribution >= 4 is 29.1 Å². The molecule has 7 nitrogen and oxygen atoms in total. The number of halogens is 2. The Balaban J connectivity index is 1.64. The van der Waals surface area contributed by atoms with E-state index in [4.69, 9.17) is 23.2 Å². The Hall–Kier alpha value is -2.51. The summed E-state index contributed by atoms with van der Waals surface area (Å²) in [5.41, 5.74) is 1.30. The van der Waals surface area contributed by atoms with E-state index in [9.17, 15) is 4.79 Å². The minimum absolute atomic E-state index is 0.218. The zero-order valence-corrected chi connectivity index (χ0v) is 14.4. The zero-order chi connectivity index (χ0) is 17.4. The van der Waals surface area contributed by atoms with Gasteiger partial charge in [0.1, 0.15) is 5.69 Å². The molecule has 25 heavy (non-hydrogen) atoms. The molecule has 0 saturated heterocycles. The van der Waals surface area contributed by atoms with Crippen LogP contribution in [0, 0.1) is 0 Å². The van der Waals surface area contributed by atoms with Gasteiger partial charge in [-0.05, 0) is 12.1 Å². The van der Waals surface area contributed by atoms with Crippen LogP contribution in [0.5, 0.6) is 0 Å². The van der Waals surface area contributed by atoms with Crippen molar-refractivity contribution in [1.82, 2.24) is 29.6 Å². The van der Waals surface area contributed by atoms with Crippen LogP contribution in [-0.4, -0.2) is 42.1 Å².